The number of carbonyl (C=O) groups excluding carboxylic acids is 1. The largest absolute Gasteiger partial charge is 0.489 e. The molecule has 0 aliphatic carbocycles. The Labute approximate surface area is 189 Å². The summed E-state index contributed by atoms with van der Waals surface area (Å²) in [5.74, 6) is 0.0729. The van der Waals surface area contributed by atoms with Gasteiger partial charge in [0.2, 0.25) is 0 Å². The summed E-state index contributed by atoms with van der Waals surface area (Å²) in [5.41, 5.74) is 1.89. The molecule has 7 heteroatoms. The fraction of sp³-hybridized carbons (Fsp3) is 0.0435. The van der Waals surface area contributed by atoms with E-state index in [1.54, 1.807) is 42.5 Å². The number of benzene rings is 3. The first-order chi connectivity index (χ1) is 14.4. The lowest BCUT2D eigenvalue weighted by Gasteiger charge is -2.08. The van der Waals surface area contributed by atoms with Crippen LogP contribution in [0.4, 0.5) is 5.69 Å². The molecule has 3 aromatic carbocycles. The van der Waals surface area contributed by atoms with Crippen LogP contribution in [0.15, 0.2) is 72.3 Å². The molecule has 1 N–H and O–H groups in total. The van der Waals surface area contributed by atoms with Crippen molar-refractivity contribution in [2.24, 2.45) is 0 Å². The van der Waals surface area contributed by atoms with Crippen molar-refractivity contribution in [1.82, 2.24) is 0 Å². The number of anilines is 1. The molecule has 0 atom stereocenters. The van der Waals surface area contributed by atoms with Crippen molar-refractivity contribution in [3.05, 3.63) is 98.5 Å². The lowest BCUT2D eigenvalue weighted by molar-refractivity contribution is -0.112. The molecule has 0 saturated heterocycles. The second-order valence-electron chi connectivity index (χ2n) is 6.24. The van der Waals surface area contributed by atoms with Crippen LogP contribution in [0.2, 0.25) is 15.1 Å². The van der Waals surface area contributed by atoms with Crippen LogP contribution in [-0.2, 0) is 11.4 Å². The van der Waals surface area contributed by atoms with Crippen LogP contribution in [-0.4, -0.2) is 5.91 Å². The third kappa shape index (κ3) is 6.01. The van der Waals surface area contributed by atoms with Crippen LogP contribution in [0.1, 0.15) is 11.1 Å². The molecule has 30 heavy (non-hydrogen) atoms. The Morgan fingerprint density at radius 2 is 1.73 bits per heavy atom. The molecular weight excluding hydrogens is 443 g/mol. The lowest BCUT2D eigenvalue weighted by atomic mass is 10.1. The minimum absolute atomic E-state index is 0.0707. The zero-order chi connectivity index (χ0) is 21.5. The highest BCUT2D eigenvalue weighted by molar-refractivity contribution is 6.36. The molecule has 0 aliphatic heterocycles. The Balaban J connectivity index is 1.67. The third-order valence-corrected chi connectivity index (χ3v) is 4.83. The molecule has 0 bridgehead atoms. The third-order valence-electron chi connectivity index (χ3n) is 4.03. The first-order valence-electron chi connectivity index (χ1n) is 8.80. The molecule has 0 fully saturated rings. The topological polar surface area (TPSA) is 62.1 Å². The van der Waals surface area contributed by atoms with Crippen molar-refractivity contribution in [2.45, 2.75) is 6.61 Å². The number of hydrogen-bond donors (Lipinski definition) is 1. The number of halogens is 3. The van der Waals surface area contributed by atoms with Crippen LogP contribution >= 0.6 is 34.8 Å². The predicted octanol–water partition coefficient (Wildman–Crippen LogP) is 6.77. The molecule has 4 nitrogen and oxygen atoms in total. The summed E-state index contributed by atoms with van der Waals surface area (Å²) in [4.78, 5) is 12.4. The highest BCUT2D eigenvalue weighted by atomic mass is 35.5. The van der Waals surface area contributed by atoms with E-state index < -0.39 is 5.91 Å². The van der Waals surface area contributed by atoms with Gasteiger partial charge < -0.3 is 10.1 Å². The van der Waals surface area contributed by atoms with Crippen molar-refractivity contribution in [1.29, 1.82) is 5.26 Å². The van der Waals surface area contributed by atoms with Crippen molar-refractivity contribution >= 4 is 52.5 Å². The molecule has 0 radical (unpaired) electrons. The number of nitriles is 1. The van der Waals surface area contributed by atoms with Gasteiger partial charge in [-0.15, -0.1) is 0 Å². The van der Waals surface area contributed by atoms with E-state index in [0.29, 0.717) is 38.7 Å². The van der Waals surface area contributed by atoms with E-state index in [2.05, 4.69) is 5.32 Å². The molecular formula is C23H15Cl3N2O2. The zero-order valence-electron chi connectivity index (χ0n) is 15.5. The van der Waals surface area contributed by atoms with E-state index in [4.69, 9.17) is 39.5 Å². The molecule has 3 aromatic rings. The minimum atomic E-state index is -0.581. The molecule has 0 unspecified atom stereocenters. The van der Waals surface area contributed by atoms with Gasteiger partial charge in [-0.1, -0.05) is 59.1 Å². The molecule has 0 heterocycles. The normalized spacial score (nSPS) is 10.9. The molecule has 0 aliphatic rings. The number of amides is 1. The summed E-state index contributed by atoms with van der Waals surface area (Å²) in [5, 5.41) is 13.4. The summed E-state index contributed by atoms with van der Waals surface area (Å²) in [6.07, 6.45) is 1.48. The van der Waals surface area contributed by atoms with Crippen LogP contribution in [0.5, 0.6) is 5.75 Å². The van der Waals surface area contributed by atoms with Crippen LogP contribution in [0.25, 0.3) is 6.08 Å². The number of nitrogens with one attached hydrogen (secondary N) is 1. The van der Waals surface area contributed by atoms with Crippen LogP contribution in [0, 0.1) is 11.3 Å². The summed E-state index contributed by atoms with van der Waals surface area (Å²) < 4.78 is 5.73. The average Bonchev–Trinajstić information content (AvgIpc) is 2.74. The average molecular weight is 458 g/mol. The van der Waals surface area contributed by atoms with E-state index in [9.17, 15) is 10.1 Å². The number of ether oxygens (including phenoxy) is 1. The lowest BCUT2D eigenvalue weighted by Crippen LogP contribution is -2.13. The fourth-order valence-electron chi connectivity index (χ4n) is 2.55. The van der Waals surface area contributed by atoms with Crippen molar-refractivity contribution in [3.8, 4) is 11.8 Å². The van der Waals surface area contributed by atoms with E-state index in [-0.39, 0.29) is 5.57 Å². The first-order valence-corrected chi connectivity index (χ1v) is 9.93. The van der Waals surface area contributed by atoms with Gasteiger partial charge in [-0.2, -0.15) is 5.26 Å². The summed E-state index contributed by atoms with van der Waals surface area (Å²) in [6.45, 7) is 0.377. The Kier molecular flexibility index (Phi) is 7.37. The van der Waals surface area contributed by atoms with Gasteiger partial charge >= 0.3 is 0 Å². The van der Waals surface area contributed by atoms with Crippen molar-refractivity contribution < 1.29 is 9.53 Å². The molecule has 0 spiro atoms. The highest BCUT2D eigenvalue weighted by Crippen LogP contribution is 2.26. The van der Waals surface area contributed by atoms with Crippen molar-refractivity contribution in [3.63, 3.8) is 0 Å². The van der Waals surface area contributed by atoms with Gasteiger partial charge in [-0.25, -0.2) is 0 Å². The molecule has 1 amide bonds. The summed E-state index contributed by atoms with van der Waals surface area (Å²) >= 11 is 17.9. The number of rotatable bonds is 6. The molecule has 3 rings (SSSR count). The van der Waals surface area contributed by atoms with Gasteiger partial charge in [0.1, 0.15) is 24.0 Å². The quantitative estimate of drug-likeness (QED) is 0.328. The Hall–Kier alpha value is -2.97. The second-order valence-corrected chi connectivity index (χ2v) is 7.52. The van der Waals surface area contributed by atoms with Crippen LogP contribution in [0.3, 0.4) is 0 Å². The minimum Gasteiger partial charge on any atom is -0.489 e. The number of hydrogen-bond acceptors (Lipinski definition) is 3. The Morgan fingerprint density at radius 1 is 1.00 bits per heavy atom. The standard InChI is InChI=1S/C23H15Cl3N2O2/c24-18-3-1-2-16(11-18)14-30-20-7-4-15(5-8-20)10-17(13-27)23(29)28-22-12-19(25)6-9-21(22)26/h1-12H,14H2,(H,28,29)/b17-10+. The molecule has 150 valence electrons. The van der Waals surface area contributed by atoms with Gasteiger partial charge in [0, 0.05) is 10.0 Å². The maximum Gasteiger partial charge on any atom is 0.266 e. The molecule has 0 saturated carbocycles. The smallest absolute Gasteiger partial charge is 0.266 e. The Morgan fingerprint density at radius 3 is 2.43 bits per heavy atom. The van der Waals surface area contributed by atoms with Gasteiger partial charge in [-0.3, -0.25) is 4.79 Å². The number of nitrogens with zero attached hydrogens (tertiary/aromatic N) is 1. The second kappa shape index (κ2) is 10.2. The SMILES string of the molecule is N#C/C(=C\c1ccc(OCc2cccc(Cl)c2)cc1)C(=O)Nc1cc(Cl)ccc1Cl. The first kappa shape index (κ1) is 21.7. The predicted molar refractivity (Wildman–Crippen MR) is 121 cm³/mol. The van der Waals surface area contributed by atoms with E-state index in [1.807, 2.05) is 24.3 Å². The van der Waals surface area contributed by atoms with Gasteiger partial charge in [0.05, 0.1) is 10.7 Å². The summed E-state index contributed by atoms with van der Waals surface area (Å²) in [6, 6.07) is 21.0. The monoisotopic (exact) mass is 456 g/mol. The van der Waals surface area contributed by atoms with Gasteiger partial charge in [-0.05, 0) is 59.7 Å². The summed E-state index contributed by atoms with van der Waals surface area (Å²) in [7, 11) is 0. The van der Waals surface area contributed by atoms with E-state index in [0.717, 1.165) is 5.56 Å². The molecule has 0 aromatic heterocycles. The number of carbonyl (C=O) groups is 1. The maximum absolute atomic E-state index is 12.4. The zero-order valence-corrected chi connectivity index (χ0v) is 17.8. The Bertz CT molecular complexity index is 1140. The highest BCUT2D eigenvalue weighted by Gasteiger charge is 2.12. The van der Waals surface area contributed by atoms with E-state index in [1.165, 1.54) is 12.1 Å². The van der Waals surface area contributed by atoms with Crippen LogP contribution < -0.4 is 10.1 Å². The fourth-order valence-corrected chi connectivity index (χ4v) is 3.10. The van der Waals surface area contributed by atoms with Gasteiger partial charge in [0.25, 0.3) is 5.91 Å². The van der Waals surface area contributed by atoms with Gasteiger partial charge in [0.15, 0.2) is 0 Å². The van der Waals surface area contributed by atoms with Crippen molar-refractivity contribution in [2.75, 3.05) is 5.32 Å². The maximum atomic E-state index is 12.4. The van der Waals surface area contributed by atoms with E-state index >= 15 is 0 Å².